The van der Waals surface area contributed by atoms with E-state index < -0.39 is 71.7 Å². The van der Waals surface area contributed by atoms with Gasteiger partial charge < -0.3 is 59.1 Å². The fraction of sp³-hybridized carbons (Fsp3) is 0.564. The Morgan fingerprint density at radius 3 is 1.43 bits per heavy atom. The van der Waals surface area contributed by atoms with Crippen LogP contribution < -0.4 is 20.4 Å². The number of alkyl carbamates (subject to hydrolysis) is 2. The number of aromatic nitrogens is 4. The number of nitrogens with one attached hydrogen (secondary N) is 4. The number of carbonyl (C=O) groups excluding carboxylic acids is 4. The Morgan fingerprint density at radius 2 is 1.00 bits per heavy atom. The van der Waals surface area contributed by atoms with Crippen molar-refractivity contribution < 1.29 is 55.7 Å². The summed E-state index contributed by atoms with van der Waals surface area (Å²) in [5.74, 6) is -2.77. The molecule has 18 nitrogen and oxygen atoms in total. The summed E-state index contributed by atoms with van der Waals surface area (Å²) < 4.78 is 87.9. The van der Waals surface area contributed by atoms with Crippen LogP contribution in [0.2, 0.25) is 0 Å². The van der Waals surface area contributed by atoms with Crippen molar-refractivity contribution >= 4 is 57.4 Å². The highest BCUT2D eigenvalue weighted by molar-refractivity contribution is 5.88. The van der Waals surface area contributed by atoms with Crippen LogP contribution >= 0.6 is 0 Å². The lowest BCUT2D eigenvalue weighted by Crippen LogP contribution is -2.53. The Morgan fingerprint density at radius 1 is 0.558 bits per heavy atom. The average molecular weight is 1070 g/mol. The third-order valence-corrected chi connectivity index (χ3v) is 16.9. The molecule has 6 aliphatic heterocycles. The predicted octanol–water partition coefficient (Wildman–Crippen LogP) is 8.70. The predicted molar refractivity (Wildman–Crippen MR) is 275 cm³/mol. The summed E-state index contributed by atoms with van der Waals surface area (Å²) in [5, 5.41) is 5.53. The Hall–Kier alpha value is -6.68. The van der Waals surface area contributed by atoms with Crippen LogP contribution in [0.5, 0.6) is 0 Å². The van der Waals surface area contributed by atoms with Crippen molar-refractivity contribution in [3.8, 4) is 0 Å². The first-order valence-electron chi connectivity index (χ1n) is 27.2. The number of likely N-dealkylation sites (tertiary alicyclic amines) is 2. The van der Waals surface area contributed by atoms with Gasteiger partial charge in [-0.05, 0) is 132 Å². The van der Waals surface area contributed by atoms with Gasteiger partial charge in [0.25, 0.3) is 0 Å². The van der Waals surface area contributed by atoms with Crippen molar-refractivity contribution in [1.82, 2.24) is 40.4 Å². The quantitative estimate of drug-likeness (QED) is 0.0869. The number of carbonyl (C=O) groups is 4. The Bertz CT molecular complexity index is 2830. The molecule has 2 aromatic heterocycles. The molecule has 22 heteroatoms. The monoisotopic (exact) mass is 1070 g/mol. The summed E-state index contributed by atoms with van der Waals surface area (Å²) in [7, 11) is 2.50. The molecule has 8 heterocycles. The first kappa shape index (κ1) is 52.4. The highest BCUT2D eigenvalue weighted by Crippen LogP contribution is 2.50. The van der Waals surface area contributed by atoms with Gasteiger partial charge in [-0.15, -0.1) is 0 Å². The minimum Gasteiger partial charge on any atom is -0.453 e. The highest BCUT2D eigenvalue weighted by Gasteiger charge is 2.44. The third-order valence-electron chi connectivity index (χ3n) is 16.9. The summed E-state index contributed by atoms with van der Waals surface area (Å²) in [5.41, 5.74) is 1.93. The van der Waals surface area contributed by atoms with Crippen LogP contribution in [0.3, 0.4) is 0 Å². The van der Waals surface area contributed by atoms with Gasteiger partial charge in [0.1, 0.15) is 41.1 Å². The van der Waals surface area contributed by atoms with E-state index in [1.807, 2.05) is 0 Å². The van der Waals surface area contributed by atoms with Gasteiger partial charge >= 0.3 is 12.2 Å². The first-order chi connectivity index (χ1) is 37.4. The number of ether oxygens (including phenoxy) is 4. The van der Waals surface area contributed by atoms with E-state index >= 15 is 17.6 Å². The Balaban J connectivity index is 0.921. The molecule has 0 radical (unpaired) electrons. The van der Waals surface area contributed by atoms with Gasteiger partial charge in [-0.2, -0.15) is 0 Å². The van der Waals surface area contributed by atoms with E-state index in [4.69, 9.17) is 28.9 Å². The fourth-order valence-electron chi connectivity index (χ4n) is 13.1. The van der Waals surface area contributed by atoms with E-state index in [0.29, 0.717) is 138 Å². The number of piperidine rings is 1. The summed E-state index contributed by atoms with van der Waals surface area (Å²) in [6.07, 6.45) is 6.45. The Labute approximate surface area is 442 Å². The van der Waals surface area contributed by atoms with Crippen LogP contribution in [0.15, 0.2) is 36.4 Å². The first-order valence-corrected chi connectivity index (χ1v) is 27.2. The minimum absolute atomic E-state index is 0.109. The lowest BCUT2D eigenvalue weighted by molar-refractivity contribution is -0.137. The zero-order valence-electron chi connectivity index (χ0n) is 43.4. The molecule has 6 atom stereocenters. The standard InChI is InChI=1S/C55H66F4N10O8/c1-74-54(72)64-47(30-12-20-76-21-13-30)52(70)67-18-6-8-45(67)50-60-39-26-33(35(56)28-41(39)62-50)43-10-11-44(69(43)32-24-37(58)49(38(59)25-32)66-16-4-3-5-17-66)34-27-40-42(29-36(34)57)63-51(61-40)46-9-7-19-68(46)53(71)48(65-55(73)75-2)31-14-22-77-23-15-31/h24-31,43-48H,3-23H2,1-2H3,(H,60,62)(H,61,63)(H,64,72)(H,65,73)/t43-,44-,45+,46+,47+,48?/m1/s1. The molecule has 0 saturated carbocycles. The number of methoxy groups -OCH3 is 2. The molecule has 77 heavy (non-hydrogen) atoms. The van der Waals surface area contributed by atoms with Crippen LogP contribution in [0.1, 0.15) is 130 Å². The van der Waals surface area contributed by atoms with Crippen molar-refractivity contribution in [1.29, 1.82) is 0 Å². The van der Waals surface area contributed by atoms with E-state index in [1.54, 1.807) is 31.7 Å². The number of hydrogen-bond acceptors (Lipinski definition) is 12. The number of hydrogen-bond donors (Lipinski definition) is 4. The molecule has 11 rings (SSSR count). The number of imidazole rings is 2. The lowest BCUT2D eigenvalue weighted by atomic mass is 9.90. The number of anilines is 2. The summed E-state index contributed by atoms with van der Waals surface area (Å²) >= 11 is 0. The zero-order valence-corrected chi connectivity index (χ0v) is 43.4. The van der Waals surface area contributed by atoms with Crippen molar-refractivity contribution in [2.24, 2.45) is 11.8 Å². The number of benzene rings is 3. The number of nitrogens with zero attached hydrogens (tertiary/aromatic N) is 6. The molecule has 412 valence electrons. The molecule has 6 fully saturated rings. The summed E-state index contributed by atoms with van der Waals surface area (Å²) in [6, 6.07) is 4.03. The second-order valence-electron chi connectivity index (χ2n) is 21.4. The van der Waals surface area contributed by atoms with E-state index in [-0.39, 0.29) is 59.0 Å². The van der Waals surface area contributed by atoms with E-state index in [9.17, 15) is 19.2 Å². The number of rotatable bonds is 12. The maximum atomic E-state index is 17.0. The smallest absolute Gasteiger partial charge is 0.407 e. The topological polar surface area (TPSA) is 200 Å². The van der Waals surface area contributed by atoms with Crippen molar-refractivity contribution in [3.05, 3.63) is 82.4 Å². The van der Waals surface area contributed by atoms with Gasteiger partial charge in [-0.25, -0.2) is 37.1 Å². The SMILES string of the molecule is COC(=O)NC(C(=O)N1CCC[C@H]1c1nc2cc([C@H]3CC[C@H](c4cc5nc([C@@H]6CCCN6C(=O)[C@@H](NC(=O)OC)C6CCOCC6)[nH]c5cc4F)N3c3cc(F)c(N4CCCCC4)c(F)c3)c(F)cc2[nH]1)C1CCOCC1. The van der Waals surface area contributed by atoms with Gasteiger partial charge in [-0.1, -0.05) is 0 Å². The number of aromatic amines is 2. The fourth-order valence-corrected chi connectivity index (χ4v) is 13.1. The van der Waals surface area contributed by atoms with E-state index in [2.05, 4.69) is 20.6 Å². The normalized spacial score (nSPS) is 23.5. The number of H-pyrrole nitrogens is 2. The zero-order chi connectivity index (χ0) is 53.5. The van der Waals surface area contributed by atoms with Crippen LogP contribution in [0.4, 0.5) is 38.5 Å². The molecule has 5 aromatic rings. The molecule has 6 aliphatic rings. The molecule has 4 amide bonds. The molecular weight excluding hydrogens is 1000 g/mol. The van der Waals surface area contributed by atoms with Crippen LogP contribution in [-0.2, 0) is 28.5 Å². The molecular formula is C55H66F4N10O8. The second kappa shape index (κ2) is 22.4. The van der Waals surface area contributed by atoms with Crippen molar-refractivity contribution in [2.75, 3.05) is 76.6 Å². The minimum atomic E-state index is -0.849. The Kier molecular flexibility index (Phi) is 15.2. The maximum Gasteiger partial charge on any atom is 0.407 e. The van der Waals surface area contributed by atoms with Crippen LogP contribution in [-0.4, -0.2) is 133 Å². The van der Waals surface area contributed by atoms with Crippen molar-refractivity contribution in [3.63, 3.8) is 0 Å². The van der Waals surface area contributed by atoms with Crippen LogP contribution in [0.25, 0.3) is 22.1 Å². The van der Waals surface area contributed by atoms with Crippen LogP contribution in [0, 0.1) is 35.1 Å². The molecule has 4 N–H and O–H groups in total. The summed E-state index contributed by atoms with van der Waals surface area (Å²) in [4.78, 5) is 76.9. The highest BCUT2D eigenvalue weighted by atomic mass is 19.1. The van der Waals surface area contributed by atoms with Gasteiger partial charge in [0.05, 0.1) is 60.5 Å². The molecule has 0 aliphatic carbocycles. The molecule has 0 bridgehead atoms. The molecule has 3 aromatic carbocycles. The molecule has 1 unspecified atom stereocenters. The van der Waals surface area contributed by atoms with E-state index in [1.165, 1.54) is 38.5 Å². The van der Waals surface area contributed by atoms with Gasteiger partial charge in [0.2, 0.25) is 11.8 Å². The summed E-state index contributed by atoms with van der Waals surface area (Å²) in [6.45, 7) is 3.67. The average Bonchev–Trinajstić information content (AvgIpc) is 4.36. The van der Waals surface area contributed by atoms with Gasteiger partial charge in [-0.3, -0.25) is 9.59 Å². The van der Waals surface area contributed by atoms with Gasteiger partial charge in [0.15, 0.2) is 11.6 Å². The number of halogens is 4. The van der Waals surface area contributed by atoms with E-state index in [0.717, 1.165) is 19.3 Å². The largest absolute Gasteiger partial charge is 0.453 e. The maximum absolute atomic E-state index is 17.0. The lowest BCUT2D eigenvalue weighted by Gasteiger charge is -2.35. The second-order valence-corrected chi connectivity index (χ2v) is 21.4. The third kappa shape index (κ3) is 10.3. The number of amides is 4. The van der Waals surface area contributed by atoms with Crippen molar-refractivity contribution in [2.45, 2.75) is 120 Å². The number of fused-ring (bicyclic) bond motifs is 2. The van der Waals surface area contributed by atoms with Gasteiger partial charge in [0, 0.05) is 69.4 Å². The molecule has 0 spiro atoms. The molecule has 6 saturated heterocycles.